The van der Waals surface area contributed by atoms with Crippen LogP contribution in [-0.4, -0.2) is 25.7 Å². The minimum absolute atomic E-state index is 0.167. The van der Waals surface area contributed by atoms with Crippen molar-refractivity contribution in [3.63, 3.8) is 0 Å². The molecule has 1 saturated carbocycles. The largest absolute Gasteiger partial charge is 0.393 e. The van der Waals surface area contributed by atoms with Gasteiger partial charge in [-0.15, -0.1) is 0 Å². The van der Waals surface area contributed by atoms with Crippen LogP contribution in [0.15, 0.2) is 0 Å². The Morgan fingerprint density at radius 1 is 1.60 bits per heavy atom. The third-order valence-electron chi connectivity index (χ3n) is 2.00. The highest BCUT2D eigenvalue weighted by atomic mass is 31.0. The monoisotopic (exact) mass is 158 g/mol. The number of hydrogen-bond acceptors (Lipinski definition) is 2. The van der Waals surface area contributed by atoms with Gasteiger partial charge in [-0.25, -0.2) is 0 Å². The van der Waals surface area contributed by atoms with E-state index in [1.807, 2.05) is 0 Å². The molecule has 0 aromatic heterocycles. The highest BCUT2D eigenvalue weighted by Gasteiger charge is 2.29. The first-order valence-electron chi connectivity index (χ1n) is 3.49. The molecule has 0 bridgehead atoms. The predicted molar refractivity (Wildman–Crippen MR) is 43.9 cm³/mol. The van der Waals surface area contributed by atoms with E-state index in [-0.39, 0.29) is 17.8 Å². The van der Waals surface area contributed by atoms with Crippen LogP contribution in [0.1, 0.15) is 12.8 Å². The second-order valence-corrected chi connectivity index (χ2v) is 3.23. The molecule has 4 heteroatoms. The molecule has 0 aromatic carbocycles. The Hall–Kier alpha value is 0.415. The summed E-state index contributed by atoms with van der Waals surface area (Å²) in [6, 6.07) is 0. The van der Waals surface area contributed by atoms with Crippen LogP contribution in [0.5, 0.6) is 0 Å². The quantitative estimate of drug-likeness (QED) is 0.468. The Bertz CT molecular complexity index is 112. The molecule has 10 heavy (non-hydrogen) atoms. The van der Waals surface area contributed by atoms with Gasteiger partial charge in [-0.1, -0.05) is 12.2 Å². The summed E-state index contributed by atoms with van der Waals surface area (Å²) in [5, 5.41) is 9.32. The Labute approximate surface area is 65.0 Å². The first-order chi connectivity index (χ1) is 4.74. The summed E-state index contributed by atoms with van der Waals surface area (Å²) in [6.07, 6.45) is 1.35. The molecule has 0 aromatic rings. The van der Waals surface area contributed by atoms with Gasteiger partial charge in [-0.2, -0.15) is 0 Å². The van der Waals surface area contributed by atoms with E-state index in [2.05, 4.69) is 9.47 Å². The molecular formula is C6H12BO2P. The van der Waals surface area contributed by atoms with E-state index in [1.54, 1.807) is 0 Å². The SMILES string of the molecule is [B][C@@H]1CC(O)[C@H](COP)C1. The van der Waals surface area contributed by atoms with Crippen molar-refractivity contribution >= 4 is 17.3 Å². The van der Waals surface area contributed by atoms with Crippen LogP contribution in [0, 0.1) is 5.92 Å². The number of aliphatic hydroxyl groups is 1. The minimum atomic E-state index is -0.254. The molecule has 4 atom stereocenters. The Kier molecular flexibility index (Phi) is 3.15. The third kappa shape index (κ3) is 1.95. The highest BCUT2D eigenvalue weighted by Crippen LogP contribution is 2.33. The van der Waals surface area contributed by atoms with Gasteiger partial charge in [0.25, 0.3) is 0 Å². The first kappa shape index (κ1) is 8.51. The Morgan fingerprint density at radius 3 is 2.70 bits per heavy atom. The Balaban J connectivity index is 2.31. The summed E-state index contributed by atoms with van der Waals surface area (Å²) in [6.45, 7) is 0.597. The predicted octanol–water partition coefficient (Wildman–Crippen LogP) is 0.521. The van der Waals surface area contributed by atoms with Gasteiger partial charge >= 0.3 is 0 Å². The maximum Gasteiger partial charge on any atom is 0.0700 e. The van der Waals surface area contributed by atoms with E-state index < -0.39 is 0 Å². The molecule has 0 heterocycles. The van der Waals surface area contributed by atoms with Crippen molar-refractivity contribution in [2.24, 2.45) is 5.92 Å². The fourth-order valence-electron chi connectivity index (χ4n) is 1.45. The average molecular weight is 158 g/mol. The molecule has 1 fully saturated rings. The van der Waals surface area contributed by atoms with Gasteiger partial charge in [0.05, 0.1) is 20.6 Å². The lowest BCUT2D eigenvalue weighted by Gasteiger charge is -2.11. The molecule has 56 valence electrons. The standard InChI is InChI=1S/C6H12BO2P/c7-5-1-4(3-9-10)6(8)2-5/h4-6,8H,1-3,10H2/t4-,5-,6?/m0/s1. The Morgan fingerprint density at radius 2 is 2.30 bits per heavy atom. The smallest absolute Gasteiger partial charge is 0.0700 e. The normalized spacial score (nSPS) is 40.4. The van der Waals surface area contributed by atoms with Crippen molar-refractivity contribution in [2.75, 3.05) is 6.61 Å². The zero-order chi connectivity index (χ0) is 7.56. The molecule has 2 radical (unpaired) electrons. The molecule has 1 N–H and O–H groups in total. The van der Waals surface area contributed by atoms with Gasteiger partial charge in [0.15, 0.2) is 0 Å². The zero-order valence-corrected chi connectivity index (χ0v) is 7.02. The number of hydrogen-bond donors (Lipinski definition) is 1. The van der Waals surface area contributed by atoms with Gasteiger partial charge < -0.3 is 9.63 Å². The molecular weight excluding hydrogens is 146 g/mol. The summed E-state index contributed by atoms with van der Waals surface area (Å²) in [7, 11) is 7.81. The lowest BCUT2D eigenvalue weighted by molar-refractivity contribution is 0.105. The topological polar surface area (TPSA) is 29.5 Å². The zero-order valence-electron chi connectivity index (χ0n) is 5.86. The van der Waals surface area contributed by atoms with Crippen LogP contribution in [0.25, 0.3) is 0 Å². The third-order valence-corrected chi connectivity index (χ3v) is 2.20. The van der Waals surface area contributed by atoms with Gasteiger partial charge in [-0.05, 0) is 6.42 Å². The maximum atomic E-state index is 9.32. The maximum absolute atomic E-state index is 9.32. The molecule has 0 aliphatic heterocycles. The minimum Gasteiger partial charge on any atom is -0.393 e. The highest BCUT2D eigenvalue weighted by molar-refractivity contribution is 7.09. The van der Waals surface area contributed by atoms with Crippen LogP contribution < -0.4 is 0 Å². The van der Waals surface area contributed by atoms with Crippen molar-refractivity contribution in [2.45, 2.75) is 24.8 Å². The first-order valence-corrected chi connectivity index (χ1v) is 3.96. The van der Waals surface area contributed by atoms with E-state index in [0.717, 1.165) is 12.8 Å². The van der Waals surface area contributed by atoms with E-state index >= 15 is 0 Å². The van der Waals surface area contributed by atoms with Gasteiger partial charge in [0, 0.05) is 15.4 Å². The molecule has 1 aliphatic rings. The van der Waals surface area contributed by atoms with Crippen molar-refractivity contribution < 1.29 is 9.63 Å². The summed E-state index contributed by atoms with van der Waals surface area (Å²) < 4.78 is 4.85. The van der Waals surface area contributed by atoms with Crippen molar-refractivity contribution in [1.82, 2.24) is 0 Å². The van der Waals surface area contributed by atoms with Crippen LogP contribution in [-0.2, 0) is 4.52 Å². The molecule has 0 spiro atoms. The van der Waals surface area contributed by atoms with Gasteiger partial charge in [0.1, 0.15) is 0 Å². The summed E-state index contributed by atoms with van der Waals surface area (Å²) in [4.78, 5) is 0. The second kappa shape index (κ2) is 3.70. The van der Waals surface area contributed by atoms with Gasteiger partial charge in [0.2, 0.25) is 0 Å². The lowest BCUT2D eigenvalue weighted by atomic mass is 9.85. The molecule has 0 saturated heterocycles. The van der Waals surface area contributed by atoms with Crippen LogP contribution in [0.4, 0.5) is 0 Å². The van der Waals surface area contributed by atoms with Crippen LogP contribution in [0.3, 0.4) is 0 Å². The van der Waals surface area contributed by atoms with E-state index in [0.29, 0.717) is 6.61 Å². The van der Waals surface area contributed by atoms with E-state index in [9.17, 15) is 5.11 Å². The molecule has 1 aliphatic carbocycles. The average Bonchev–Trinajstić information content (AvgIpc) is 2.13. The molecule has 0 amide bonds. The molecule has 2 nitrogen and oxygen atoms in total. The lowest BCUT2D eigenvalue weighted by Crippen LogP contribution is -2.16. The second-order valence-electron chi connectivity index (χ2n) is 2.89. The number of aliphatic hydroxyl groups excluding tert-OH is 1. The summed E-state index contributed by atoms with van der Waals surface area (Å²) in [5.41, 5.74) is 0. The van der Waals surface area contributed by atoms with Crippen molar-refractivity contribution in [3.05, 3.63) is 0 Å². The fourth-order valence-corrected chi connectivity index (χ4v) is 1.69. The van der Waals surface area contributed by atoms with Crippen molar-refractivity contribution in [3.8, 4) is 0 Å². The molecule has 2 unspecified atom stereocenters. The summed E-state index contributed by atoms with van der Waals surface area (Å²) in [5.74, 6) is 0.410. The van der Waals surface area contributed by atoms with E-state index in [4.69, 9.17) is 12.4 Å². The van der Waals surface area contributed by atoms with Crippen molar-refractivity contribution in [1.29, 1.82) is 0 Å². The van der Waals surface area contributed by atoms with Gasteiger partial charge in [-0.3, -0.25) is 0 Å². The van der Waals surface area contributed by atoms with E-state index in [1.165, 1.54) is 0 Å². The fraction of sp³-hybridized carbons (Fsp3) is 1.00. The van der Waals surface area contributed by atoms with Crippen LogP contribution >= 0.6 is 9.47 Å². The summed E-state index contributed by atoms with van der Waals surface area (Å²) >= 11 is 0. The number of rotatable bonds is 2. The molecule has 1 rings (SSSR count). The van der Waals surface area contributed by atoms with Crippen LogP contribution in [0.2, 0.25) is 5.82 Å².